The van der Waals surface area contributed by atoms with Gasteiger partial charge in [-0.3, -0.25) is 9.78 Å². The molecule has 2 aromatic heterocycles. The Bertz CT molecular complexity index is 690. The Hall–Kier alpha value is -2.03. The SMILES string of the molecule is CCN(C(=O)C(C)SCCC(F)(F)F)c1cnn(-c2cccnc2)c1. The van der Waals surface area contributed by atoms with Gasteiger partial charge in [0.2, 0.25) is 5.91 Å². The Morgan fingerprint density at radius 3 is 2.76 bits per heavy atom. The summed E-state index contributed by atoms with van der Waals surface area (Å²) in [7, 11) is 0. The first-order valence-electron chi connectivity index (χ1n) is 7.76. The van der Waals surface area contributed by atoms with Crippen LogP contribution in [0.2, 0.25) is 0 Å². The fraction of sp³-hybridized carbons (Fsp3) is 0.438. The molecular formula is C16H19F3N4OS. The predicted octanol–water partition coefficient (Wildman–Crippen LogP) is 3.69. The Labute approximate surface area is 148 Å². The highest BCUT2D eigenvalue weighted by Gasteiger charge is 2.28. The molecule has 0 saturated heterocycles. The number of pyridine rings is 1. The Morgan fingerprint density at radius 2 is 2.16 bits per heavy atom. The standard InChI is InChI=1S/C16H19F3N4OS/c1-3-22(15(24)12(2)25-8-6-16(17,18)19)14-10-21-23(11-14)13-5-4-7-20-9-13/h4-5,7,9-12H,3,6,8H2,1-2H3. The Kier molecular flexibility index (Phi) is 6.46. The summed E-state index contributed by atoms with van der Waals surface area (Å²) in [4.78, 5) is 18.1. The molecule has 0 bridgehead atoms. The largest absolute Gasteiger partial charge is 0.389 e. The highest BCUT2D eigenvalue weighted by molar-refractivity contribution is 8.00. The summed E-state index contributed by atoms with van der Waals surface area (Å²) in [6.07, 6.45) is 1.44. The van der Waals surface area contributed by atoms with E-state index in [1.165, 1.54) is 4.90 Å². The Morgan fingerprint density at radius 1 is 1.40 bits per heavy atom. The van der Waals surface area contributed by atoms with E-state index < -0.39 is 17.8 Å². The lowest BCUT2D eigenvalue weighted by molar-refractivity contribution is -0.129. The van der Waals surface area contributed by atoms with Crippen molar-refractivity contribution in [3.8, 4) is 5.69 Å². The van der Waals surface area contributed by atoms with Gasteiger partial charge in [-0.1, -0.05) is 0 Å². The minimum atomic E-state index is -4.20. The molecule has 0 spiro atoms. The normalized spacial score (nSPS) is 12.8. The molecule has 0 aromatic carbocycles. The molecule has 2 rings (SSSR count). The van der Waals surface area contributed by atoms with Crippen LogP contribution in [0.4, 0.5) is 18.9 Å². The van der Waals surface area contributed by atoms with Gasteiger partial charge in [0, 0.05) is 18.5 Å². The molecule has 0 radical (unpaired) electrons. The minimum absolute atomic E-state index is 0.136. The maximum Gasteiger partial charge on any atom is 0.389 e. The van der Waals surface area contributed by atoms with Gasteiger partial charge in [0.05, 0.1) is 41.6 Å². The van der Waals surface area contributed by atoms with Crippen molar-refractivity contribution in [3.63, 3.8) is 0 Å². The van der Waals surface area contributed by atoms with Crippen molar-refractivity contribution in [1.29, 1.82) is 0 Å². The summed E-state index contributed by atoms with van der Waals surface area (Å²) in [6.45, 7) is 3.84. The van der Waals surface area contributed by atoms with Crippen LogP contribution < -0.4 is 4.90 Å². The molecule has 1 unspecified atom stereocenters. The topological polar surface area (TPSA) is 51.0 Å². The van der Waals surface area contributed by atoms with E-state index in [0.717, 1.165) is 17.4 Å². The third kappa shape index (κ3) is 5.48. The molecule has 2 aromatic rings. The number of carbonyl (C=O) groups excluding carboxylic acids is 1. The fourth-order valence-corrected chi connectivity index (χ4v) is 3.16. The van der Waals surface area contributed by atoms with Gasteiger partial charge in [-0.25, -0.2) is 4.68 Å². The lowest BCUT2D eigenvalue weighted by Crippen LogP contribution is -2.36. The van der Waals surface area contributed by atoms with E-state index in [9.17, 15) is 18.0 Å². The molecule has 2 heterocycles. The van der Waals surface area contributed by atoms with Crippen LogP contribution >= 0.6 is 11.8 Å². The maximum absolute atomic E-state index is 12.6. The molecule has 1 amide bonds. The van der Waals surface area contributed by atoms with Crippen molar-refractivity contribution in [2.24, 2.45) is 0 Å². The lowest BCUT2D eigenvalue weighted by Gasteiger charge is -2.22. The summed E-state index contributed by atoms with van der Waals surface area (Å²) < 4.78 is 38.3. The van der Waals surface area contributed by atoms with Crippen LogP contribution in [0.25, 0.3) is 5.69 Å². The predicted molar refractivity (Wildman–Crippen MR) is 92.0 cm³/mol. The van der Waals surface area contributed by atoms with Crippen LogP contribution in [-0.2, 0) is 4.79 Å². The monoisotopic (exact) mass is 372 g/mol. The molecule has 0 aliphatic heterocycles. The highest BCUT2D eigenvalue weighted by Crippen LogP contribution is 2.25. The van der Waals surface area contributed by atoms with Gasteiger partial charge >= 0.3 is 6.18 Å². The fourth-order valence-electron chi connectivity index (χ4n) is 2.19. The summed E-state index contributed by atoms with van der Waals surface area (Å²) >= 11 is 1.00. The first-order valence-corrected chi connectivity index (χ1v) is 8.81. The maximum atomic E-state index is 12.6. The van der Waals surface area contributed by atoms with Gasteiger partial charge in [-0.2, -0.15) is 18.3 Å². The van der Waals surface area contributed by atoms with Gasteiger partial charge in [0.15, 0.2) is 0 Å². The van der Waals surface area contributed by atoms with Gasteiger partial charge in [-0.15, -0.1) is 11.8 Å². The van der Waals surface area contributed by atoms with E-state index in [4.69, 9.17) is 0 Å². The molecule has 0 aliphatic carbocycles. The first-order chi connectivity index (χ1) is 11.8. The molecule has 25 heavy (non-hydrogen) atoms. The summed E-state index contributed by atoms with van der Waals surface area (Å²) in [5, 5.41) is 3.65. The molecule has 0 aliphatic rings. The van der Waals surface area contributed by atoms with E-state index in [2.05, 4.69) is 10.1 Å². The zero-order valence-corrected chi connectivity index (χ0v) is 14.7. The average Bonchev–Trinajstić information content (AvgIpc) is 3.04. The van der Waals surface area contributed by atoms with Crippen molar-refractivity contribution < 1.29 is 18.0 Å². The number of carbonyl (C=O) groups is 1. The van der Waals surface area contributed by atoms with E-state index in [0.29, 0.717) is 12.2 Å². The molecule has 1 atom stereocenters. The minimum Gasteiger partial charge on any atom is -0.309 e. The number of hydrogen-bond donors (Lipinski definition) is 0. The zero-order chi connectivity index (χ0) is 18.4. The molecule has 0 N–H and O–H groups in total. The van der Waals surface area contributed by atoms with Crippen molar-refractivity contribution in [2.45, 2.75) is 31.7 Å². The number of rotatable bonds is 7. The number of amides is 1. The quantitative estimate of drug-likeness (QED) is 0.744. The second kappa shape index (κ2) is 8.37. The van der Waals surface area contributed by atoms with Gasteiger partial charge in [-0.05, 0) is 26.0 Å². The van der Waals surface area contributed by atoms with Crippen LogP contribution in [0.5, 0.6) is 0 Å². The van der Waals surface area contributed by atoms with E-state index in [-0.39, 0.29) is 11.7 Å². The summed E-state index contributed by atoms with van der Waals surface area (Å²) in [5.74, 6) is -0.372. The van der Waals surface area contributed by atoms with Crippen molar-refractivity contribution in [2.75, 3.05) is 17.2 Å². The number of anilines is 1. The molecular weight excluding hydrogens is 353 g/mol. The van der Waals surface area contributed by atoms with Crippen LogP contribution in [0.1, 0.15) is 20.3 Å². The second-order valence-electron chi connectivity index (χ2n) is 5.32. The molecule has 136 valence electrons. The molecule has 9 heteroatoms. The van der Waals surface area contributed by atoms with E-state index in [1.807, 2.05) is 13.0 Å². The summed E-state index contributed by atoms with van der Waals surface area (Å²) in [5.41, 5.74) is 1.35. The number of alkyl halides is 3. The Balaban J connectivity index is 2.03. The zero-order valence-electron chi connectivity index (χ0n) is 13.9. The van der Waals surface area contributed by atoms with Gasteiger partial charge in [0.25, 0.3) is 0 Å². The van der Waals surface area contributed by atoms with E-state index in [1.54, 1.807) is 42.5 Å². The summed E-state index contributed by atoms with van der Waals surface area (Å²) in [6, 6.07) is 3.61. The van der Waals surface area contributed by atoms with Gasteiger partial charge in [0.1, 0.15) is 0 Å². The van der Waals surface area contributed by atoms with Gasteiger partial charge < -0.3 is 4.90 Å². The highest BCUT2D eigenvalue weighted by atomic mass is 32.2. The number of thioether (sulfide) groups is 1. The van der Waals surface area contributed by atoms with Crippen molar-refractivity contribution in [1.82, 2.24) is 14.8 Å². The third-order valence-corrected chi connectivity index (χ3v) is 4.62. The van der Waals surface area contributed by atoms with Crippen LogP contribution in [0, 0.1) is 0 Å². The number of nitrogens with zero attached hydrogens (tertiary/aromatic N) is 4. The van der Waals surface area contributed by atoms with Crippen LogP contribution in [0.3, 0.4) is 0 Å². The van der Waals surface area contributed by atoms with Crippen LogP contribution in [-0.4, -0.2) is 44.4 Å². The van der Waals surface area contributed by atoms with E-state index >= 15 is 0 Å². The van der Waals surface area contributed by atoms with Crippen molar-refractivity contribution >= 4 is 23.4 Å². The van der Waals surface area contributed by atoms with Crippen molar-refractivity contribution in [3.05, 3.63) is 36.9 Å². The molecule has 0 saturated carbocycles. The smallest absolute Gasteiger partial charge is 0.309 e. The second-order valence-corrected chi connectivity index (χ2v) is 6.76. The third-order valence-electron chi connectivity index (χ3n) is 3.47. The lowest BCUT2D eigenvalue weighted by atomic mass is 10.3. The molecule has 5 nitrogen and oxygen atoms in total. The molecule has 0 fully saturated rings. The number of aromatic nitrogens is 3. The van der Waals surface area contributed by atoms with Crippen LogP contribution in [0.15, 0.2) is 36.9 Å². The number of hydrogen-bond acceptors (Lipinski definition) is 4. The first kappa shape index (κ1) is 19.3. The number of halogens is 3. The average molecular weight is 372 g/mol.